The van der Waals surface area contributed by atoms with Crippen LogP contribution in [0.1, 0.15) is 13.8 Å². The molecule has 0 aromatic rings. The van der Waals surface area contributed by atoms with Crippen LogP contribution in [0.15, 0.2) is 25.2 Å². The maximum Gasteiger partial charge on any atom is 0.222 e. The lowest BCUT2D eigenvalue weighted by Gasteiger charge is -2.03. The minimum atomic E-state index is 0.0266. The van der Waals surface area contributed by atoms with Crippen molar-refractivity contribution in [2.45, 2.75) is 13.8 Å². The highest BCUT2D eigenvalue weighted by atomic mass is 16.5. The summed E-state index contributed by atoms with van der Waals surface area (Å²) in [5.74, 6) is 0.0666. The summed E-state index contributed by atoms with van der Waals surface area (Å²) in [6.07, 6.45) is 4.51. The first kappa shape index (κ1) is 10.8. The highest BCUT2D eigenvalue weighted by molar-refractivity contribution is 5.77. The summed E-state index contributed by atoms with van der Waals surface area (Å²) in [5, 5.41) is 2.70. The maximum atomic E-state index is 11.0. The predicted molar refractivity (Wildman–Crippen MR) is 48.3 cm³/mol. The van der Waals surface area contributed by atoms with E-state index in [1.807, 2.05) is 13.8 Å². The molecule has 0 atom stereocenters. The van der Waals surface area contributed by atoms with E-state index in [0.717, 1.165) is 0 Å². The molecule has 3 nitrogen and oxygen atoms in total. The standard InChI is InChI=1S/C9H15NO2/c1-4-12-7-5-6-10-9(11)8(2)3/h4-5,7-8H,1,6H2,2-3H3,(H,10,11)/b7-5+. The van der Waals surface area contributed by atoms with Crippen molar-refractivity contribution in [3.05, 3.63) is 25.2 Å². The molecule has 0 aliphatic rings. The third-order valence-electron chi connectivity index (χ3n) is 1.19. The second-order valence-corrected chi connectivity index (χ2v) is 2.57. The van der Waals surface area contributed by atoms with Gasteiger partial charge in [-0.1, -0.05) is 20.4 Å². The van der Waals surface area contributed by atoms with Gasteiger partial charge in [0.2, 0.25) is 5.91 Å². The minimum absolute atomic E-state index is 0.0266. The molecule has 0 heterocycles. The normalized spacial score (nSPS) is 10.2. The van der Waals surface area contributed by atoms with Crippen molar-refractivity contribution in [2.24, 2.45) is 5.92 Å². The number of nitrogens with one attached hydrogen (secondary N) is 1. The molecule has 12 heavy (non-hydrogen) atoms. The Labute approximate surface area is 73.1 Å². The Morgan fingerprint density at radius 2 is 2.33 bits per heavy atom. The van der Waals surface area contributed by atoms with E-state index in [-0.39, 0.29) is 11.8 Å². The molecule has 0 rings (SSSR count). The number of rotatable bonds is 5. The van der Waals surface area contributed by atoms with E-state index in [9.17, 15) is 4.79 Å². The van der Waals surface area contributed by atoms with Crippen LogP contribution in [-0.4, -0.2) is 12.5 Å². The summed E-state index contributed by atoms with van der Waals surface area (Å²) in [7, 11) is 0. The molecule has 0 fully saturated rings. The number of hydrogen-bond donors (Lipinski definition) is 1. The van der Waals surface area contributed by atoms with Crippen LogP contribution in [0.3, 0.4) is 0 Å². The average Bonchev–Trinajstić information content (AvgIpc) is 2.03. The van der Waals surface area contributed by atoms with Crippen molar-refractivity contribution in [1.29, 1.82) is 0 Å². The summed E-state index contributed by atoms with van der Waals surface area (Å²) in [5.41, 5.74) is 0. The zero-order chi connectivity index (χ0) is 9.40. The number of amides is 1. The van der Waals surface area contributed by atoms with Crippen LogP contribution >= 0.6 is 0 Å². The largest absolute Gasteiger partial charge is 0.474 e. The fraction of sp³-hybridized carbons (Fsp3) is 0.444. The molecular weight excluding hydrogens is 154 g/mol. The van der Waals surface area contributed by atoms with Crippen LogP contribution in [0.4, 0.5) is 0 Å². The summed E-state index contributed by atoms with van der Waals surface area (Å²) in [6.45, 7) is 7.54. The van der Waals surface area contributed by atoms with Gasteiger partial charge in [-0.05, 0) is 6.08 Å². The smallest absolute Gasteiger partial charge is 0.222 e. The summed E-state index contributed by atoms with van der Waals surface area (Å²) in [6, 6.07) is 0. The minimum Gasteiger partial charge on any atom is -0.474 e. The van der Waals surface area contributed by atoms with Crippen molar-refractivity contribution in [2.75, 3.05) is 6.54 Å². The van der Waals surface area contributed by atoms with E-state index in [0.29, 0.717) is 6.54 Å². The fourth-order valence-corrected chi connectivity index (χ4v) is 0.523. The summed E-state index contributed by atoms with van der Waals surface area (Å²) in [4.78, 5) is 11.0. The molecular formula is C9H15NO2. The quantitative estimate of drug-likeness (QED) is 0.632. The fourth-order valence-electron chi connectivity index (χ4n) is 0.523. The number of carbonyl (C=O) groups excluding carboxylic acids is 1. The Bertz CT molecular complexity index is 173. The lowest BCUT2D eigenvalue weighted by Crippen LogP contribution is -2.27. The van der Waals surface area contributed by atoms with Crippen molar-refractivity contribution in [3.63, 3.8) is 0 Å². The molecule has 0 radical (unpaired) electrons. The number of ether oxygens (including phenoxy) is 1. The molecule has 0 saturated heterocycles. The highest BCUT2D eigenvalue weighted by Gasteiger charge is 2.02. The van der Waals surface area contributed by atoms with Crippen molar-refractivity contribution in [3.8, 4) is 0 Å². The molecule has 68 valence electrons. The third kappa shape index (κ3) is 5.53. The van der Waals surface area contributed by atoms with Gasteiger partial charge in [-0.3, -0.25) is 4.79 Å². The van der Waals surface area contributed by atoms with Crippen LogP contribution in [0.5, 0.6) is 0 Å². The SMILES string of the molecule is C=CO/C=C/CNC(=O)C(C)C. The Morgan fingerprint density at radius 1 is 1.67 bits per heavy atom. The molecule has 0 aliphatic heterocycles. The van der Waals surface area contributed by atoms with Gasteiger partial charge in [-0.15, -0.1) is 0 Å². The first-order chi connectivity index (χ1) is 5.68. The van der Waals surface area contributed by atoms with Crippen LogP contribution in [0.25, 0.3) is 0 Å². The van der Waals surface area contributed by atoms with Gasteiger partial charge in [0.15, 0.2) is 0 Å². The monoisotopic (exact) mass is 169 g/mol. The van der Waals surface area contributed by atoms with Gasteiger partial charge < -0.3 is 10.1 Å². The molecule has 0 spiro atoms. The van der Waals surface area contributed by atoms with Gasteiger partial charge in [0, 0.05) is 12.5 Å². The molecule has 0 aliphatic carbocycles. The molecule has 0 bridgehead atoms. The summed E-state index contributed by atoms with van der Waals surface area (Å²) >= 11 is 0. The molecule has 1 amide bonds. The van der Waals surface area contributed by atoms with E-state index in [1.165, 1.54) is 12.5 Å². The van der Waals surface area contributed by atoms with E-state index < -0.39 is 0 Å². The van der Waals surface area contributed by atoms with E-state index >= 15 is 0 Å². The van der Waals surface area contributed by atoms with E-state index in [1.54, 1.807) is 6.08 Å². The zero-order valence-electron chi connectivity index (χ0n) is 7.54. The highest BCUT2D eigenvalue weighted by Crippen LogP contribution is 1.89. The van der Waals surface area contributed by atoms with Gasteiger partial charge in [-0.25, -0.2) is 0 Å². The topological polar surface area (TPSA) is 38.3 Å². The molecule has 3 heteroatoms. The Hall–Kier alpha value is -1.25. The molecule has 0 unspecified atom stereocenters. The van der Waals surface area contributed by atoms with E-state index in [2.05, 4.69) is 11.9 Å². The number of carbonyl (C=O) groups is 1. The van der Waals surface area contributed by atoms with Crippen LogP contribution < -0.4 is 5.32 Å². The summed E-state index contributed by atoms with van der Waals surface area (Å²) < 4.78 is 4.71. The van der Waals surface area contributed by atoms with Gasteiger partial charge in [0.05, 0.1) is 12.5 Å². The Kier molecular flexibility index (Phi) is 5.79. The van der Waals surface area contributed by atoms with Gasteiger partial charge >= 0.3 is 0 Å². The maximum absolute atomic E-state index is 11.0. The van der Waals surface area contributed by atoms with Gasteiger partial charge in [0.1, 0.15) is 0 Å². The molecule has 0 aromatic heterocycles. The molecule has 0 saturated carbocycles. The lowest BCUT2D eigenvalue weighted by molar-refractivity contribution is -0.123. The Balaban J connectivity index is 3.42. The first-order valence-corrected chi connectivity index (χ1v) is 3.87. The number of hydrogen-bond acceptors (Lipinski definition) is 2. The van der Waals surface area contributed by atoms with Crippen molar-refractivity contribution < 1.29 is 9.53 Å². The van der Waals surface area contributed by atoms with Gasteiger partial charge in [-0.2, -0.15) is 0 Å². The average molecular weight is 169 g/mol. The second-order valence-electron chi connectivity index (χ2n) is 2.57. The van der Waals surface area contributed by atoms with Gasteiger partial charge in [0.25, 0.3) is 0 Å². The van der Waals surface area contributed by atoms with Crippen LogP contribution in [-0.2, 0) is 9.53 Å². The van der Waals surface area contributed by atoms with E-state index in [4.69, 9.17) is 4.74 Å². The lowest BCUT2D eigenvalue weighted by atomic mass is 10.2. The third-order valence-corrected chi connectivity index (χ3v) is 1.19. The van der Waals surface area contributed by atoms with Crippen LogP contribution in [0.2, 0.25) is 0 Å². The van der Waals surface area contributed by atoms with Crippen LogP contribution in [0, 0.1) is 5.92 Å². The van der Waals surface area contributed by atoms with Crippen molar-refractivity contribution >= 4 is 5.91 Å². The molecule has 1 N–H and O–H groups in total. The first-order valence-electron chi connectivity index (χ1n) is 3.87. The van der Waals surface area contributed by atoms with Crippen molar-refractivity contribution in [1.82, 2.24) is 5.32 Å². The zero-order valence-corrected chi connectivity index (χ0v) is 7.54. The Morgan fingerprint density at radius 3 is 2.83 bits per heavy atom. The molecule has 0 aromatic carbocycles. The predicted octanol–water partition coefficient (Wildman–Crippen LogP) is 1.43. The second kappa shape index (κ2) is 6.46.